The van der Waals surface area contributed by atoms with Crippen LogP contribution in [0.2, 0.25) is 0 Å². The van der Waals surface area contributed by atoms with Gasteiger partial charge >= 0.3 is 12.6 Å². The number of hydrogen-bond donors (Lipinski definition) is 2. The summed E-state index contributed by atoms with van der Waals surface area (Å²) in [4.78, 5) is 12.1. The fourth-order valence-corrected chi connectivity index (χ4v) is 3.02. The second-order valence-electron chi connectivity index (χ2n) is 5.42. The summed E-state index contributed by atoms with van der Waals surface area (Å²) in [5.74, 6) is -0.367. The van der Waals surface area contributed by atoms with E-state index in [1.54, 1.807) is 32.9 Å². The van der Waals surface area contributed by atoms with Gasteiger partial charge in [-0.05, 0) is 61.8 Å². The van der Waals surface area contributed by atoms with E-state index in [1.807, 2.05) is 0 Å². The molecule has 0 fully saturated rings. The molecule has 0 radical (unpaired) electrons. The number of hydrogen-bond acceptors (Lipinski definition) is 4. The number of alkyl halides is 2. The van der Waals surface area contributed by atoms with Crippen molar-refractivity contribution in [1.82, 2.24) is 10.6 Å². The second-order valence-corrected chi connectivity index (χ2v) is 5.83. The third kappa shape index (κ3) is 3.64. The number of methoxy groups -OCH3 is 1. The molecule has 0 spiro atoms. The van der Waals surface area contributed by atoms with E-state index >= 15 is 0 Å². The van der Waals surface area contributed by atoms with Gasteiger partial charge in [-0.15, -0.1) is 0 Å². The van der Waals surface area contributed by atoms with Crippen molar-refractivity contribution >= 4 is 23.3 Å². The van der Waals surface area contributed by atoms with Crippen LogP contribution in [0.3, 0.4) is 0 Å². The Hall–Kier alpha value is -2.22. The zero-order chi connectivity index (χ0) is 18.0. The highest BCUT2D eigenvalue weighted by molar-refractivity contribution is 7.80. The number of carbonyl (C=O) groups is 1. The zero-order valence-corrected chi connectivity index (χ0v) is 14.5. The van der Waals surface area contributed by atoms with E-state index in [2.05, 4.69) is 15.4 Å². The molecule has 1 atom stereocenters. The maximum Gasteiger partial charge on any atom is 0.387 e. The summed E-state index contributed by atoms with van der Waals surface area (Å²) in [6, 6.07) is 2.84. The standard InChI is InChI=1S/C16H18F2N2O3S/c1-7-5-10(6-8(2)13(7)23-15(17)18)12-11(14(21)22-4)9(3)19-16(24)20-12/h5-6,12,15H,1-4H3,(H2,19,20,24)/t12-/m0/s1. The van der Waals surface area contributed by atoms with Crippen molar-refractivity contribution in [3.63, 3.8) is 0 Å². The van der Waals surface area contributed by atoms with Gasteiger partial charge in [-0.2, -0.15) is 8.78 Å². The van der Waals surface area contributed by atoms with Crippen LogP contribution in [0.25, 0.3) is 0 Å². The molecule has 0 amide bonds. The van der Waals surface area contributed by atoms with Crippen LogP contribution >= 0.6 is 12.2 Å². The van der Waals surface area contributed by atoms with Crippen molar-refractivity contribution in [2.24, 2.45) is 0 Å². The van der Waals surface area contributed by atoms with Gasteiger partial charge in [-0.1, -0.05) is 0 Å². The number of allylic oxidation sites excluding steroid dienone is 1. The molecule has 0 aliphatic carbocycles. The Morgan fingerprint density at radius 3 is 2.33 bits per heavy atom. The maximum absolute atomic E-state index is 12.5. The largest absolute Gasteiger partial charge is 0.466 e. The molecule has 130 valence electrons. The summed E-state index contributed by atoms with van der Waals surface area (Å²) >= 11 is 5.15. The predicted octanol–water partition coefficient (Wildman–Crippen LogP) is 2.87. The van der Waals surface area contributed by atoms with E-state index in [9.17, 15) is 13.6 Å². The summed E-state index contributed by atoms with van der Waals surface area (Å²) in [5.41, 5.74) is 2.75. The molecule has 1 aliphatic heterocycles. The lowest BCUT2D eigenvalue weighted by molar-refractivity contribution is -0.136. The van der Waals surface area contributed by atoms with Crippen LogP contribution < -0.4 is 15.4 Å². The van der Waals surface area contributed by atoms with Crippen LogP contribution in [0.1, 0.15) is 29.7 Å². The van der Waals surface area contributed by atoms with Crippen LogP contribution in [0, 0.1) is 13.8 Å². The Kier molecular flexibility index (Phi) is 5.38. The lowest BCUT2D eigenvalue weighted by Gasteiger charge is -2.30. The molecular weight excluding hydrogens is 338 g/mol. The first-order valence-corrected chi connectivity index (χ1v) is 7.58. The number of ether oxygens (including phenoxy) is 2. The Morgan fingerprint density at radius 1 is 1.25 bits per heavy atom. The van der Waals surface area contributed by atoms with Gasteiger partial charge in [0.15, 0.2) is 5.11 Å². The van der Waals surface area contributed by atoms with Crippen LogP contribution in [0.5, 0.6) is 5.75 Å². The smallest absolute Gasteiger partial charge is 0.387 e. The van der Waals surface area contributed by atoms with Crippen LogP contribution in [-0.2, 0) is 9.53 Å². The number of rotatable bonds is 4. The molecule has 1 aromatic carbocycles. The molecular formula is C16H18F2N2O3S. The average Bonchev–Trinajstić information content (AvgIpc) is 2.49. The SMILES string of the molecule is COC(=O)C1=C(C)NC(=S)N[C@H]1c1cc(C)c(OC(F)F)c(C)c1. The minimum Gasteiger partial charge on any atom is -0.466 e. The Balaban J connectivity index is 2.51. The quantitative estimate of drug-likeness (QED) is 0.639. The minimum absolute atomic E-state index is 0.130. The first-order chi connectivity index (χ1) is 11.2. The number of halogens is 2. The van der Waals surface area contributed by atoms with Crippen LogP contribution in [0.4, 0.5) is 8.78 Å². The lowest BCUT2D eigenvalue weighted by atomic mass is 9.93. The molecule has 8 heteroatoms. The van der Waals surface area contributed by atoms with Crippen molar-refractivity contribution < 1.29 is 23.0 Å². The molecule has 2 rings (SSSR count). The van der Waals surface area contributed by atoms with Gasteiger partial charge in [0.25, 0.3) is 0 Å². The number of carbonyl (C=O) groups excluding carboxylic acids is 1. The van der Waals surface area contributed by atoms with Crippen molar-refractivity contribution in [2.75, 3.05) is 7.11 Å². The van der Waals surface area contributed by atoms with Crippen molar-refractivity contribution in [3.05, 3.63) is 40.1 Å². The number of aryl methyl sites for hydroxylation is 2. The summed E-state index contributed by atoms with van der Waals surface area (Å²) in [5, 5.41) is 6.27. The van der Waals surface area contributed by atoms with Gasteiger partial charge in [0, 0.05) is 5.70 Å². The molecule has 0 saturated carbocycles. The number of benzene rings is 1. The Morgan fingerprint density at radius 2 is 1.83 bits per heavy atom. The highest BCUT2D eigenvalue weighted by atomic mass is 32.1. The predicted molar refractivity (Wildman–Crippen MR) is 88.9 cm³/mol. The molecule has 24 heavy (non-hydrogen) atoms. The second kappa shape index (κ2) is 7.12. The topological polar surface area (TPSA) is 59.6 Å². The minimum atomic E-state index is -2.90. The van der Waals surface area contributed by atoms with E-state index < -0.39 is 18.6 Å². The molecule has 1 heterocycles. The van der Waals surface area contributed by atoms with Gasteiger partial charge < -0.3 is 20.1 Å². The molecule has 5 nitrogen and oxygen atoms in total. The van der Waals surface area contributed by atoms with E-state index in [-0.39, 0.29) is 5.75 Å². The average molecular weight is 356 g/mol. The molecule has 0 saturated heterocycles. The van der Waals surface area contributed by atoms with Crippen molar-refractivity contribution in [2.45, 2.75) is 33.4 Å². The highest BCUT2D eigenvalue weighted by Crippen LogP contribution is 2.33. The van der Waals surface area contributed by atoms with Crippen LogP contribution in [0.15, 0.2) is 23.4 Å². The van der Waals surface area contributed by atoms with E-state index in [0.717, 1.165) is 0 Å². The summed E-state index contributed by atoms with van der Waals surface area (Å²) in [7, 11) is 1.29. The number of nitrogens with one attached hydrogen (secondary N) is 2. The van der Waals surface area contributed by atoms with Gasteiger partial charge in [0.2, 0.25) is 0 Å². The monoisotopic (exact) mass is 356 g/mol. The fraction of sp³-hybridized carbons (Fsp3) is 0.375. The number of thiocarbonyl (C=S) groups is 1. The number of esters is 1. The van der Waals surface area contributed by atoms with Gasteiger partial charge in [-0.3, -0.25) is 0 Å². The third-order valence-corrected chi connectivity index (χ3v) is 3.92. The lowest BCUT2D eigenvalue weighted by Crippen LogP contribution is -2.45. The Bertz CT molecular complexity index is 696. The van der Waals surface area contributed by atoms with Crippen LogP contribution in [-0.4, -0.2) is 24.8 Å². The van der Waals surface area contributed by atoms with Gasteiger partial charge in [0.1, 0.15) is 5.75 Å². The van der Waals surface area contributed by atoms with Gasteiger partial charge in [-0.25, -0.2) is 4.79 Å². The first-order valence-electron chi connectivity index (χ1n) is 7.17. The summed E-state index contributed by atoms with van der Waals surface area (Å²) in [6.45, 7) is 2.16. The normalized spacial score (nSPS) is 17.5. The first kappa shape index (κ1) is 18.1. The summed E-state index contributed by atoms with van der Waals surface area (Å²) < 4.78 is 34.4. The van der Waals surface area contributed by atoms with Crippen molar-refractivity contribution in [3.8, 4) is 5.75 Å². The third-order valence-electron chi connectivity index (χ3n) is 3.70. The zero-order valence-electron chi connectivity index (χ0n) is 13.7. The molecule has 2 N–H and O–H groups in total. The molecule has 0 bridgehead atoms. The molecule has 0 unspecified atom stereocenters. The van der Waals surface area contributed by atoms with Crippen molar-refractivity contribution in [1.29, 1.82) is 0 Å². The van der Waals surface area contributed by atoms with E-state index in [4.69, 9.17) is 17.0 Å². The molecule has 1 aromatic rings. The Labute approximate surface area is 144 Å². The molecule has 0 aromatic heterocycles. The fourth-order valence-electron chi connectivity index (χ4n) is 2.75. The molecule has 1 aliphatic rings. The highest BCUT2D eigenvalue weighted by Gasteiger charge is 2.31. The van der Waals surface area contributed by atoms with E-state index in [1.165, 1.54) is 7.11 Å². The van der Waals surface area contributed by atoms with E-state index in [0.29, 0.717) is 33.1 Å². The van der Waals surface area contributed by atoms with Gasteiger partial charge in [0.05, 0.1) is 18.7 Å². The summed E-state index contributed by atoms with van der Waals surface area (Å²) in [6.07, 6.45) is 0. The maximum atomic E-state index is 12.5.